The van der Waals surface area contributed by atoms with E-state index in [-0.39, 0.29) is 24.3 Å². The molecule has 2 N–H and O–H groups in total. The average molecular weight is 276 g/mol. The van der Waals surface area contributed by atoms with E-state index < -0.39 is 0 Å². The van der Waals surface area contributed by atoms with E-state index in [0.717, 1.165) is 16.8 Å². The van der Waals surface area contributed by atoms with E-state index in [9.17, 15) is 9.59 Å². The van der Waals surface area contributed by atoms with Crippen molar-refractivity contribution in [1.29, 1.82) is 0 Å². The first-order valence-electron chi connectivity index (χ1n) is 7.00. The summed E-state index contributed by atoms with van der Waals surface area (Å²) >= 11 is 0. The van der Waals surface area contributed by atoms with Crippen LogP contribution in [0.2, 0.25) is 0 Å². The van der Waals surface area contributed by atoms with Gasteiger partial charge in [0.25, 0.3) is 0 Å². The first kappa shape index (κ1) is 16.2. The van der Waals surface area contributed by atoms with Crippen molar-refractivity contribution >= 4 is 17.5 Å². The molecule has 0 aliphatic carbocycles. The molecular weight excluding hydrogens is 252 g/mol. The minimum absolute atomic E-state index is 0.00286. The first-order valence-corrected chi connectivity index (χ1v) is 7.00. The highest BCUT2D eigenvalue weighted by Crippen LogP contribution is 2.27. The molecule has 0 bridgehead atoms. The summed E-state index contributed by atoms with van der Waals surface area (Å²) in [6.07, 6.45) is 0. The highest BCUT2D eigenvalue weighted by atomic mass is 16.2. The SMILES string of the molecule is Cc1cccc(C(C)C)c1NC(=O)CNC(=O)C(C)C. The van der Waals surface area contributed by atoms with Gasteiger partial charge in [0.2, 0.25) is 11.8 Å². The number of benzene rings is 1. The average Bonchev–Trinajstić information content (AvgIpc) is 2.37. The zero-order valence-electron chi connectivity index (χ0n) is 12.9. The summed E-state index contributed by atoms with van der Waals surface area (Å²) in [5.41, 5.74) is 2.99. The van der Waals surface area contributed by atoms with E-state index in [2.05, 4.69) is 24.5 Å². The number of hydrogen-bond acceptors (Lipinski definition) is 2. The summed E-state index contributed by atoms with van der Waals surface area (Å²) in [4.78, 5) is 23.4. The molecule has 0 spiro atoms. The molecule has 0 aliphatic rings. The standard InChI is InChI=1S/C16H24N2O2/c1-10(2)13-8-6-7-12(5)15(13)18-14(19)9-17-16(20)11(3)4/h6-8,10-11H,9H2,1-5H3,(H,17,20)(H,18,19). The van der Waals surface area contributed by atoms with Crippen molar-refractivity contribution in [3.63, 3.8) is 0 Å². The molecule has 1 aromatic carbocycles. The van der Waals surface area contributed by atoms with Crippen molar-refractivity contribution < 1.29 is 9.59 Å². The number of para-hydroxylation sites is 1. The van der Waals surface area contributed by atoms with Crippen LogP contribution in [0.1, 0.15) is 44.7 Å². The Labute approximate surface area is 121 Å². The van der Waals surface area contributed by atoms with Crippen molar-refractivity contribution in [2.45, 2.75) is 40.5 Å². The smallest absolute Gasteiger partial charge is 0.243 e. The number of carbonyl (C=O) groups excluding carboxylic acids is 2. The molecule has 20 heavy (non-hydrogen) atoms. The molecule has 110 valence electrons. The van der Waals surface area contributed by atoms with Gasteiger partial charge >= 0.3 is 0 Å². The molecule has 0 aromatic heterocycles. The number of hydrogen-bond donors (Lipinski definition) is 2. The number of rotatable bonds is 5. The monoisotopic (exact) mass is 276 g/mol. The van der Waals surface area contributed by atoms with Crippen LogP contribution in [-0.2, 0) is 9.59 Å². The normalized spacial score (nSPS) is 10.8. The van der Waals surface area contributed by atoms with Crippen LogP contribution >= 0.6 is 0 Å². The van der Waals surface area contributed by atoms with Crippen LogP contribution < -0.4 is 10.6 Å². The molecule has 0 unspecified atom stereocenters. The van der Waals surface area contributed by atoms with Crippen LogP contribution in [0.25, 0.3) is 0 Å². The quantitative estimate of drug-likeness (QED) is 0.868. The van der Waals surface area contributed by atoms with Crippen molar-refractivity contribution in [2.75, 3.05) is 11.9 Å². The maximum Gasteiger partial charge on any atom is 0.243 e. The molecule has 2 amide bonds. The van der Waals surface area contributed by atoms with Gasteiger partial charge in [-0.25, -0.2) is 0 Å². The van der Waals surface area contributed by atoms with E-state index in [1.165, 1.54) is 0 Å². The first-order chi connectivity index (χ1) is 9.32. The second-order valence-electron chi connectivity index (χ2n) is 5.61. The number of aryl methyl sites for hydroxylation is 1. The Morgan fingerprint density at radius 3 is 2.35 bits per heavy atom. The van der Waals surface area contributed by atoms with Gasteiger partial charge in [-0.15, -0.1) is 0 Å². The zero-order chi connectivity index (χ0) is 15.3. The molecule has 0 heterocycles. The lowest BCUT2D eigenvalue weighted by molar-refractivity contribution is -0.126. The van der Waals surface area contributed by atoms with E-state index in [0.29, 0.717) is 5.92 Å². The summed E-state index contributed by atoms with van der Waals surface area (Å²) in [6.45, 7) is 9.74. The van der Waals surface area contributed by atoms with Gasteiger partial charge in [0.15, 0.2) is 0 Å². The molecular formula is C16H24N2O2. The second kappa shape index (κ2) is 7.08. The van der Waals surface area contributed by atoms with Crippen LogP contribution in [-0.4, -0.2) is 18.4 Å². The van der Waals surface area contributed by atoms with Gasteiger partial charge in [-0.3, -0.25) is 9.59 Å². The third-order valence-electron chi connectivity index (χ3n) is 3.14. The Balaban J connectivity index is 2.73. The zero-order valence-corrected chi connectivity index (χ0v) is 12.9. The van der Waals surface area contributed by atoms with Crippen LogP contribution in [0.4, 0.5) is 5.69 Å². The molecule has 0 radical (unpaired) electrons. The maximum atomic E-state index is 11.9. The van der Waals surface area contributed by atoms with E-state index in [4.69, 9.17) is 0 Å². The lowest BCUT2D eigenvalue weighted by Crippen LogP contribution is -2.35. The summed E-state index contributed by atoms with van der Waals surface area (Å²) in [7, 11) is 0. The number of amides is 2. The fraction of sp³-hybridized carbons (Fsp3) is 0.500. The summed E-state index contributed by atoms with van der Waals surface area (Å²) < 4.78 is 0. The summed E-state index contributed by atoms with van der Waals surface area (Å²) in [6, 6.07) is 5.97. The Kier molecular flexibility index (Phi) is 5.74. The third-order valence-corrected chi connectivity index (χ3v) is 3.14. The van der Waals surface area contributed by atoms with Gasteiger partial charge in [-0.2, -0.15) is 0 Å². The summed E-state index contributed by atoms with van der Waals surface area (Å²) in [5.74, 6) is -0.104. The number of anilines is 1. The van der Waals surface area contributed by atoms with Gasteiger partial charge in [-0.1, -0.05) is 45.9 Å². The Morgan fingerprint density at radius 2 is 1.80 bits per heavy atom. The molecule has 1 rings (SSSR count). The van der Waals surface area contributed by atoms with E-state index >= 15 is 0 Å². The van der Waals surface area contributed by atoms with Crippen LogP contribution in [0.5, 0.6) is 0 Å². The highest BCUT2D eigenvalue weighted by molar-refractivity contribution is 5.96. The predicted molar refractivity (Wildman–Crippen MR) is 81.7 cm³/mol. The molecule has 4 nitrogen and oxygen atoms in total. The second-order valence-corrected chi connectivity index (χ2v) is 5.61. The van der Waals surface area contributed by atoms with Crippen LogP contribution in [0.3, 0.4) is 0 Å². The predicted octanol–water partition coefficient (Wildman–Crippen LogP) is 2.83. The minimum Gasteiger partial charge on any atom is -0.347 e. The van der Waals surface area contributed by atoms with Gasteiger partial charge in [-0.05, 0) is 24.0 Å². The molecule has 4 heteroatoms. The van der Waals surface area contributed by atoms with Gasteiger partial charge in [0.05, 0.1) is 6.54 Å². The largest absolute Gasteiger partial charge is 0.347 e. The van der Waals surface area contributed by atoms with Gasteiger partial charge in [0.1, 0.15) is 0 Å². The highest BCUT2D eigenvalue weighted by Gasteiger charge is 2.13. The topological polar surface area (TPSA) is 58.2 Å². The molecule has 0 aliphatic heterocycles. The van der Waals surface area contributed by atoms with Crippen LogP contribution in [0, 0.1) is 12.8 Å². The van der Waals surface area contributed by atoms with Gasteiger partial charge < -0.3 is 10.6 Å². The fourth-order valence-electron chi connectivity index (χ4n) is 1.90. The number of carbonyl (C=O) groups is 2. The van der Waals surface area contributed by atoms with Crippen molar-refractivity contribution in [1.82, 2.24) is 5.32 Å². The number of nitrogens with one attached hydrogen (secondary N) is 2. The Bertz CT molecular complexity index is 493. The van der Waals surface area contributed by atoms with Crippen molar-refractivity contribution in [2.24, 2.45) is 5.92 Å². The van der Waals surface area contributed by atoms with E-state index in [1.807, 2.05) is 25.1 Å². The molecule has 0 saturated heterocycles. The minimum atomic E-state index is -0.199. The van der Waals surface area contributed by atoms with Crippen molar-refractivity contribution in [3.8, 4) is 0 Å². The van der Waals surface area contributed by atoms with E-state index in [1.54, 1.807) is 13.8 Å². The maximum absolute atomic E-state index is 11.9. The third kappa shape index (κ3) is 4.37. The molecule has 1 aromatic rings. The molecule has 0 saturated carbocycles. The Morgan fingerprint density at radius 1 is 1.15 bits per heavy atom. The Hall–Kier alpha value is -1.84. The lowest BCUT2D eigenvalue weighted by atomic mass is 9.98. The molecule has 0 fully saturated rings. The van der Waals surface area contributed by atoms with Crippen molar-refractivity contribution in [3.05, 3.63) is 29.3 Å². The lowest BCUT2D eigenvalue weighted by Gasteiger charge is -2.16. The van der Waals surface area contributed by atoms with Crippen LogP contribution in [0.15, 0.2) is 18.2 Å². The summed E-state index contributed by atoms with van der Waals surface area (Å²) in [5, 5.41) is 5.52. The molecule has 0 atom stereocenters. The fourth-order valence-corrected chi connectivity index (χ4v) is 1.90. The van der Waals surface area contributed by atoms with Gasteiger partial charge in [0, 0.05) is 11.6 Å².